The van der Waals surface area contributed by atoms with Crippen LogP contribution in [-0.4, -0.2) is 52.4 Å². The van der Waals surface area contributed by atoms with Crippen LogP contribution in [0, 0.1) is 19.3 Å². The number of para-hydroxylation sites is 1. The van der Waals surface area contributed by atoms with Gasteiger partial charge in [-0.05, 0) is 51.8 Å². The molecule has 5 heteroatoms. The maximum absolute atomic E-state index is 13.2. The molecule has 1 saturated carbocycles. The number of aliphatic hydroxyl groups excluding tert-OH is 1. The lowest BCUT2D eigenvalue weighted by Gasteiger charge is -2.56. The van der Waals surface area contributed by atoms with Crippen molar-refractivity contribution < 1.29 is 14.6 Å². The zero-order valence-electron chi connectivity index (χ0n) is 17.0. The number of rotatable bonds is 4. The molecule has 1 aliphatic heterocycles. The number of ether oxygens (including phenoxy) is 1. The number of aliphatic hydroxyl groups is 1. The van der Waals surface area contributed by atoms with Crippen molar-refractivity contribution >= 4 is 5.91 Å². The van der Waals surface area contributed by atoms with Crippen molar-refractivity contribution in [1.82, 2.24) is 9.47 Å². The average molecular weight is 383 g/mol. The summed E-state index contributed by atoms with van der Waals surface area (Å²) in [5.74, 6) is 0.0897. The molecule has 1 amide bonds. The fourth-order valence-electron chi connectivity index (χ4n) is 5.07. The number of hydrogen-bond donors (Lipinski definition) is 1. The van der Waals surface area contributed by atoms with Gasteiger partial charge in [-0.15, -0.1) is 0 Å². The molecule has 1 aromatic carbocycles. The van der Waals surface area contributed by atoms with Gasteiger partial charge in [-0.1, -0.05) is 18.2 Å². The Morgan fingerprint density at radius 1 is 1.21 bits per heavy atom. The quantitative estimate of drug-likeness (QED) is 0.881. The largest absolute Gasteiger partial charge is 0.392 e. The highest BCUT2D eigenvalue weighted by Crippen LogP contribution is 2.51. The maximum Gasteiger partial charge on any atom is 0.255 e. The van der Waals surface area contributed by atoms with E-state index in [2.05, 4.69) is 16.7 Å². The number of carbonyl (C=O) groups is 1. The van der Waals surface area contributed by atoms with Crippen LogP contribution in [0.4, 0.5) is 0 Å². The minimum absolute atomic E-state index is 0.0897. The molecule has 1 saturated heterocycles. The number of carbonyl (C=O) groups excluding carboxylic acids is 1. The minimum atomic E-state index is -0.301. The van der Waals surface area contributed by atoms with Gasteiger partial charge in [-0.3, -0.25) is 4.79 Å². The average Bonchev–Trinajstić information content (AvgIpc) is 3.02. The number of nitrogens with zero attached hydrogens (tertiary/aromatic N) is 2. The third-order valence-electron chi connectivity index (χ3n) is 6.77. The maximum atomic E-state index is 13.2. The molecule has 0 radical (unpaired) electrons. The third kappa shape index (κ3) is 2.97. The van der Waals surface area contributed by atoms with E-state index in [-0.39, 0.29) is 23.5 Å². The van der Waals surface area contributed by atoms with Crippen LogP contribution in [-0.2, 0) is 4.74 Å². The number of piperidine rings is 1. The van der Waals surface area contributed by atoms with Crippen LogP contribution in [0.2, 0.25) is 0 Å². The highest BCUT2D eigenvalue weighted by molar-refractivity contribution is 5.96. The van der Waals surface area contributed by atoms with Gasteiger partial charge in [-0.2, -0.15) is 0 Å². The molecule has 1 N–H and O–H groups in total. The summed E-state index contributed by atoms with van der Waals surface area (Å²) in [6.45, 7) is 8.08. The van der Waals surface area contributed by atoms with E-state index >= 15 is 0 Å². The van der Waals surface area contributed by atoms with E-state index in [1.54, 1.807) is 0 Å². The lowest BCUT2D eigenvalue weighted by molar-refractivity contribution is -0.207. The molecule has 2 fully saturated rings. The molecule has 2 atom stereocenters. The fourth-order valence-corrected chi connectivity index (χ4v) is 5.07. The molecule has 4 rings (SSSR count). The van der Waals surface area contributed by atoms with E-state index in [0.29, 0.717) is 19.7 Å². The number of hydrogen-bond acceptors (Lipinski definition) is 3. The summed E-state index contributed by atoms with van der Waals surface area (Å²) in [7, 11) is 0. The predicted octanol–water partition coefficient (Wildman–Crippen LogP) is 3.49. The van der Waals surface area contributed by atoms with E-state index in [9.17, 15) is 9.90 Å². The molecule has 0 unspecified atom stereocenters. The highest BCUT2D eigenvalue weighted by Gasteiger charge is 2.56. The first-order valence-corrected chi connectivity index (χ1v) is 10.3. The van der Waals surface area contributed by atoms with Gasteiger partial charge in [0.25, 0.3) is 5.91 Å². The van der Waals surface area contributed by atoms with Crippen LogP contribution in [0.1, 0.15) is 47.9 Å². The van der Waals surface area contributed by atoms with E-state index in [1.165, 1.54) is 0 Å². The Morgan fingerprint density at radius 3 is 2.50 bits per heavy atom. The van der Waals surface area contributed by atoms with Crippen molar-refractivity contribution in [2.24, 2.45) is 5.41 Å². The smallest absolute Gasteiger partial charge is 0.255 e. The molecule has 1 aliphatic carbocycles. The lowest BCUT2D eigenvalue weighted by atomic mass is 9.58. The van der Waals surface area contributed by atoms with Crippen LogP contribution in [0.3, 0.4) is 0 Å². The van der Waals surface area contributed by atoms with E-state index in [0.717, 1.165) is 41.9 Å². The van der Waals surface area contributed by atoms with Gasteiger partial charge in [0.05, 0.1) is 17.8 Å². The van der Waals surface area contributed by atoms with Crippen LogP contribution in [0.25, 0.3) is 5.69 Å². The van der Waals surface area contributed by atoms with Gasteiger partial charge in [0, 0.05) is 48.6 Å². The zero-order valence-corrected chi connectivity index (χ0v) is 17.0. The molecule has 2 aliphatic rings. The first kappa shape index (κ1) is 19.2. The number of likely N-dealkylation sites (tertiary alicyclic amines) is 1. The first-order valence-electron chi connectivity index (χ1n) is 10.3. The monoisotopic (exact) mass is 382 g/mol. The molecule has 2 aromatic rings. The first-order chi connectivity index (χ1) is 13.5. The Hall–Kier alpha value is -2.11. The topological polar surface area (TPSA) is 54.7 Å². The normalized spacial score (nSPS) is 23.6. The van der Waals surface area contributed by atoms with Crippen molar-refractivity contribution in [2.45, 2.75) is 52.2 Å². The molecule has 1 aromatic heterocycles. The molecular weight excluding hydrogens is 352 g/mol. The SMILES string of the molecule is CCO[C@@H]1C[C@H](O)C12CCN(C(=O)c1cc(C)n(-c3ccccc3)c1C)CC2. The second-order valence-corrected chi connectivity index (χ2v) is 8.18. The molecular formula is C23H30N2O3. The van der Waals surface area contributed by atoms with Crippen molar-refractivity contribution in [3.05, 3.63) is 53.3 Å². The molecule has 150 valence electrons. The Balaban J connectivity index is 1.51. The highest BCUT2D eigenvalue weighted by atomic mass is 16.5. The van der Waals surface area contributed by atoms with Crippen LogP contribution in [0.15, 0.2) is 36.4 Å². The molecule has 1 spiro atoms. The summed E-state index contributed by atoms with van der Waals surface area (Å²) in [4.78, 5) is 15.2. The summed E-state index contributed by atoms with van der Waals surface area (Å²) in [6.07, 6.45) is 2.17. The van der Waals surface area contributed by atoms with Crippen molar-refractivity contribution in [3.8, 4) is 5.69 Å². The number of aromatic nitrogens is 1. The Labute approximate surface area is 166 Å². The van der Waals surface area contributed by atoms with E-state index in [4.69, 9.17) is 4.74 Å². The van der Waals surface area contributed by atoms with Crippen molar-refractivity contribution in [1.29, 1.82) is 0 Å². The summed E-state index contributed by atoms with van der Waals surface area (Å²) in [6, 6.07) is 12.1. The van der Waals surface area contributed by atoms with Gasteiger partial charge >= 0.3 is 0 Å². The standard InChI is InChI=1S/C23H30N2O3/c1-4-28-21-15-20(26)23(21)10-12-24(13-11-23)22(27)19-14-16(2)25(17(19)3)18-8-6-5-7-9-18/h5-9,14,20-21,26H,4,10-13,15H2,1-3H3/t20-,21+/m0/s1. The molecule has 28 heavy (non-hydrogen) atoms. The fraction of sp³-hybridized carbons (Fsp3) is 0.522. The van der Waals surface area contributed by atoms with Crippen molar-refractivity contribution in [3.63, 3.8) is 0 Å². The summed E-state index contributed by atoms with van der Waals surface area (Å²) in [5, 5.41) is 10.4. The summed E-state index contributed by atoms with van der Waals surface area (Å²) < 4.78 is 7.98. The number of aryl methyl sites for hydroxylation is 1. The van der Waals surface area contributed by atoms with Gasteiger partial charge in [0.15, 0.2) is 0 Å². The van der Waals surface area contributed by atoms with Gasteiger partial charge in [-0.25, -0.2) is 0 Å². The lowest BCUT2D eigenvalue weighted by Crippen LogP contribution is -2.62. The van der Waals surface area contributed by atoms with Gasteiger partial charge in [0.1, 0.15) is 0 Å². The van der Waals surface area contributed by atoms with Crippen molar-refractivity contribution in [2.75, 3.05) is 19.7 Å². The Bertz CT molecular complexity index is 848. The third-order valence-corrected chi connectivity index (χ3v) is 6.77. The Morgan fingerprint density at radius 2 is 1.89 bits per heavy atom. The van der Waals surface area contributed by atoms with E-state index < -0.39 is 0 Å². The molecule has 5 nitrogen and oxygen atoms in total. The van der Waals surface area contributed by atoms with Crippen LogP contribution >= 0.6 is 0 Å². The summed E-state index contributed by atoms with van der Waals surface area (Å²) in [5.41, 5.74) is 3.73. The van der Waals surface area contributed by atoms with Crippen LogP contribution < -0.4 is 0 Å². The zero-order chi connectivity index (χ0) is 19.9. The summed E-state index contributed by atoms with van der Waals surface area (Å²) >= 11 is 0. The Kier molecular flexibility index (Phi) is 5.06. The second-order valence-electron chi connectivity index (χ2n) is 8.18. The number of benzene rings is 1. The van der Waals surface area contributed by atoms with Crippen LogP contribution in [0.5, 0.6) is 0 Å². The van der Waals surface area contributed by atoms with E-state index in [1.807, 2.05) is 49.9 Å². The van der Waals surface area contributed by atoms with Gasteiger partial charge < -0.3 is 19.3 Å². The number of amides is 1. The predicted molar refractivity (Wildman–Crippen MR) is 109 cm³/mol. The molecule has 0 bridgehead atoms. The minimum Gasteiger partial charge on any atom is -0.392 e. The second kappa shape index (κ2) is 7.37. The molecule has 2 heterocycles. The van der Waals surface area contributed by atoms with Gasteiger partial charge in [0.2, 0.25) is 0 Å².